The second-order valence-electron chi connectivity index (χ2n) is 11.2. The van der Waals surface area contributed by atoms with Crippen molar-refractivity contribution >= 4 is 34.2 Å². The first kappa shape index (κ1) is 27.8. The lowest BCUT2D eigenvalue weighted by Crippen LogP contribution is -2.54. The molecule has 2 aromatic heterocycles. The molecule has 0 radical (unpaired) electrons. The number of aromatic nitrogens is 3. The van der Waals surface area contributed by atoms with Gasteiger partial charge in [0.05, 0.1) is 16.4 Å². The molecule has 2 aromatic carbocycles. The molecule has 1 fully saturated rings. The number of halogens is 1. The topological polar surface area (TPSA) is 101 Å². The van der Waals surface area contributed by atoms with E-state index in [1.54, 1.807) is 33.9 Å². The van der Waals surface area contributed by atoms with Crippen LogP contribution in [0, 0.1) is 6.92 Å². The fourth-order valence-corrected chi connectivity index (χ4v) is 6.43. The highest BCUT2D eigenvalue weighted by Gasteiger charge is 2.33. The maximum absolute atomic E-state index is 14.2. The Labute approximate surface area is 248 Å². The predicted molar refractivity (Wildman–Crippen MR) is 164 cm³/mol. The zero-order valence-corrected chi connectivity index (χ0v) is 24.8. The summed E-state index contributed by atoms with van der Waals surface area (Å²) in [6, 6.07) is 8.80. The second kappa shape index (κ2) is 10.5. The molecule has 0 aliphatic carbocycles. The quantitative estimate of drug-likeness (QED) is 0.322. The van der Waals surface area contributed by atoms with Crippen LogP contribution in [0.1, 0.15) is 43.5 Å². The van der Waals surface area contributed by atoms with E-state index in [0.29, 0.717) is 63.9 Å². The van der Waals surface area contributed by atoms with Crippen molar-refractivity contribution in [1.29, 1.82) is 0 Å². The van der Waals surface area contributed by atoms with Gasteiger partial charge in [0.2, 0.25) is 5.91 Å². The first-order valence-electron chi connectivity index (χ1n) is 14.0. The third-order valence-corrected chi connectivity index (χ3v) is 8.42. The molecule has 9 nitrogen and oxygen atoms in total. The molecular formula is C32H32ClN5O4. The molecule has 1 atom stereocenters. The van der Waals surface area contributed by atoms with Gasteiger partial charge in [-0.25, -0.2) is 4.79 Å². The van der Waals surface area contributed by atoms with Crippen LogP contribution in [0.3, 0.4) is 0 Å². The van der Waals surface area contributed by atoms with E-state index in [0.717, 1.165) is 16.8 Å². The van der Waals surface area contributed by atoms with Crippen molar-refractivity contribution < 1.29 is 14.6 Å². The maximum atomic E-state index is 14.2. The largest absolute Gasteiger partial charge is 0.507 e. The number of carbonyl (C=O) groups is 1. The van der Waals surface area contributed by atoms with Crippen molar-refractivity contribution in [2.24, 2.45) is 0 Å². The van der Waals surface area contributed by atoms with E-state index in [2.05, 4.69) is 16.5 Å². The molecule has 1 N–H and O–H groups in total. The summed E-state index contributed by atoms with van der Waals surface area (Å²) in [6.07, 6.45) is 3.06. The lowest BCUT2D eigenvalue weighted by atomic mass is 9.94. The van der Waals surface area contributed by atoms with Gasteiger partial charge >= 0.3 is 5.69 Å². The molecule has 4 heterocycles. The number of hydrogen-bond donors (Lipinski definition) is 1. The smallest absolute Gasteiger partial charge is 0.354 e. The number of aromatic hydroxyl groups is 1. The minimum atomic E-state index is -0.483. The van der Waals surface area contributed by atoms with Gasteiger partial charge in [0.15, 0.2) is 5.75 Å². The van der Waals surface area contributed by atoms with E-state index >= 15 is 0 Å². The Hall–Kier alpha value is -4.37. The number of carbonyl (C=O) groups excluding carboxylic acids is 1. The number of aryl methyl sites for hydroxylation is 1. The van der Waals surface area contributed by atoms with Crippen molar-refractivity contribution in [3.8, 4) is 28.3 Å². The van der Waals surface area contributed by atoms with Gasteiger partial charge in [-0.15, -0.1) is 0 Å². The summed E-state index contributed by atoms with van der Waals surface area (Å²) in [5, 5.41) is 11.9. The lowest BCUT2D eigenvalue weighted by molar-refractivity contribution is -0.126. The number of rotatable bonds is 4. The highest BCUT2D eigenvalue weighted by atomic mass is 35.5. The Bertz CT molecular complexity index is 1830. The third kappa shape index (κ3) is 4.30. The lowest BCUT2D eigenvalue weighted by Gasteiger charge is -2.40. The molecule has 1 saturated heterocycles. The van der Waals surface area contributed by atoms with E-state index < -0.39 is 5.69 Å². The Morgan fingerprint density at radius 1 is 1.24 bits per heavy atom. The molecule has 0 saturated carbocycles. The summed E-state index contributed by atoms with van der Waals surface area (Å²) in [5.74, 6) is 0.836. The number of phenols is 1. The van der Waals surface area contributed by atoms with Crippen LogP contribution in [0.15, 0.2) is 54.0 Å². The summed E-state index contributed by atoms with van der Waals surface area (Å²) >= 11 is 7.00. The Morgan fingerprint density at radius 2 is 2.02 bits per heavy atom. The molecule has 1 amide bonds. The van der Waals surface area contributed by atoms with Gasteiger partial charge in [0, 0.05) is 53.9 Å². The molecular weight excluding hydrogens is 554 g/mol. The van der Waals surface area contributed by atoms with E-state index in [-0.39, 0.29) is 30.2 Å². The highest BCUT2D eigenvalue weighted by molar-refractivity contribution is 6.35. The second-order valence-corrected chi connectivity index (χ2v) is 11.6. The normalized spacial score (nSPS) is 16.3. The molecule has 2 aliphatic heterocycles. The fraction of sp³-hybridized carbons (Fsp3) is 0.312. The number of amides is 1. The first-order chi connectivity index (χ1) is 20.1. The standard InChI is InChI=1S/C32H32ClN5O4/c1-6-24(40)36-12-13-37(19(5)15-36)31-21-14-22(33)26-25-20(8-7-9-23(25)39)16-42-30(26)29(21)38(32(41)35-31)28-18(4)10-11-34-27(28)17(2)3/h6-11,14,17,19,39H,1,12-13,15-16H2,2-5H3/t19-/m0/s1. The average molecular weight is 586 g/mol. The van der Waals surface area contributed by atoms with Crippen LogP contribution in [-0.2, 0) is 11.4 Å². The number of nitrogens with zero attached hydrogens (tertiary/aromatic N) is 5. The van der Waals surface area contributed by atoms with Crippen molar-refractivity contribution in [3.63, 3.8) is 0 Å². The van der Waals surface area contributed by atoms with Crippen molar-refractivity contribution in [2.45, 2.75) is 46.3 Å². The number of ether oxygens (including phenoxy) is 1. The highest BCUT2D eigenvalue weighted by Crippen LogP contribution is 2.51. The molecule has 0 bridgehead atoms. The maximum Gasteiger partial charge on any atom is 0.354 e. The van der Waals surface area contributed by atoms with Crippen LogP contribution in [0.2, 0.25) is 5.02 Å². The van der Waals surface area contributed by atoms with Crippen molar-refractivity contribution in [3.05, 3.63) is 81.5 Å². The van der Waals surface area contributed by atoms with Gasteiger partial charge in [-0.2, -0.15) is 4.98 Å². The Morgan fingerprint density at radius 3 is 2.74 bits per heavy atom. The zero-order valence-electron chi connectivity index (χ0n) is 24.0. The van der Waals surface area contributed by atoms with Crippen LogP contribution in [0.4, 0.5) is 5.82 Å². The Balaban J connectivity index is 1.70. The number of anilines is 1. The monoisotopic (exact) mass is 585 g/mol. The van der Waals surface area contributed by atoms with Crippen LogP contribution >= 0.6 is 11.6 Å². The zero-order chi connectivity index (χ0) is 29.9. The number of pyridine rings is 1. The minimum Gasteiger partial charge on any atom is -0.507 e. The van der Waals surface area contributed by atoms with Gasteiger partial charge in [-0.05, 0) is 49.6 Å². The van der Waals surface area contributed by atoms with Gasteiger partial charge in [-0.1, -0.05) is 44.2 Å². The fourth-order valence-electron chi connectivity index (χ4n) is 6.14. The number of piperazine rings is 1. The van der Waals surface area contributed by atoms with E-state index in [4.69, 9.17) is 16.3 Å². The van der Waals surface area contributed by atoms with Crippen LogP contribution in [-0.4, -0.2) is 56.1 Å². The van der Waals surface area contributed by atoms with E-state index in [1.807, 2.05) is 44.7 Å². The molecule has 6 rings (SSSR count). The number of phenolic OH excluding ortho intramolecular Hbond substituents is 1. The minimum absolute atomic E-state index is 0.0193. The summed E-state index contributed by atoms with van der Waals surface area (Å²) in [6.45, 7) is 13.2. The summed E-state index contributed by atoms with van der Waals surface area (Å²) < 4.78 is 7.98. The van der Waals surface area contributed by atoms with Gasteiger partial charge in [0.1, 0.15) is 23.7 Å². The first-order valence-corrected chi connectivity index (χ1v) is 14.4. The molecule has 10 heteroatoms. The van der Waals surface area contributed by atoms with Crippen LogP contribution in [0.25, 0.3) is 27.7 Å². The van der Waals surface area contributed by atoms with Gasteiger partial charge in [0.25, 0.3) is 0 Å². The van der Waals surface area contributed by atoms with Gasteiger partial charge < -0.3 is 19.6 Å². The molecule has 42 heavy (non-hydrogen) atoms. The summed E-state index contributed by atoms with van der Waals surface area (Å²) in [7, 11) is 0. The van der Waals surface area contributed by atoms with E-state index in [1.165, 1.54) is 6.08 Å². The summed E-state index contributed by atoms with van der Waals surface area (Å²) in [4.78, 5) is 39.6. The third-order valence-electron chi connectivity index (χ3n) is 8.13. The number of hydrogen-bond acceptors (Lipinski definition) is 7. The average Bonchev–Trinajstić information content (AvgIpc) is 2.97. The molecule has 4 aromatic rings. The van der Waals surface area contributed by atoms with E-state index in [9.17, 15) is 14.7 Å². The van der Waals surface area contributed by atoms with Crippen molar-refractivity contribution in [1.82, 2.24) is 19.4 Å². The number of benzene rings is 2. The van der Waals surface area contributed by atoms with Crippen LogP contribution < -0.4 is 15.3 Å². The number of fused-ring (bicyclic) bond motifs is 5. The SMILES string of the molecule is C=CC(=O)N1CCN(c2nc(=O)n(-c3c(C)ccnc3C(C)C)c3c4c(c(Cl)cc23)-c2c(O)cccc2CO4)[C@@H](C)C1. The Kier molecular flexibility index (Phi) is 6.93. The van der Waals surface area contributed by atoms with Gasteiger partial charge in [-0.3, -0.25) is 14.3 Å². The summed E-state index contributed by atoms with van der Waals surface area (Å²) in [5.41, 5.74) is 4.18. The molecule has 0 unspecified atom stereocenters. The van der Waals surface area contributed by atoms with Crippen molar-refractivity contribution in [2.75, 3.05) is 24.5 Å². The molecule has 0 spiro atoms. The molecule has 2 aliphatic rings. The molecule has 216 valence electrons. The van der Waals surface area contributed by atoms with Crippen LogP contribution in [0.5, 0.6) is 11.5 Å². The predicted octanol–water partition coefficient (Wildman–Crippen LogP) is 5.35.